The van der Waals surface area contributed by atoms with Crippen LogP contribution in [-0.4, -0.2) is 62.4 Å². The highest BCUT2D eigenvalue weighted by Gasteiger charge is 2.31. The van der Waals surface area contributed by atoms with E-state index in [2.05, 4.69) is 37.9 Å². The van der Waals surface area contributed by atoms with Crippen molar-refractivity contribution in [2.24, 2.45) is 0 Å². The molecule has 0 atom stereocenters. The number of aromatic nitrogens is 3. The number of benzene rings is 1. The van der Waals surface area contributed by atoms with Crippen LogP contribution in [0.3, 0.4) is 0 Å². The zero-order valence-electron chi connectivity index (χ0n) is 17.1. The standard InChI is InChI=1S/C22H24ClN5OS2/c23-19-9-8-18(31-19)14-26-10-12-27(13-11-26)20(29)15-30-22-25-24-21(16-6-7-16)28(22)17-4-2-1-3-5-17/h1-5,8-9,16H,6-7,10-15H2. The van der Waals surface area contributed by atoms with Crippen molar-refractivity contribution in [3.05, 3.63) is 57.5 Å². The molecule has 0 radical (unpaired) electrons. The van der Waals surface area contributed by atoms with Crippen LogP contribution in [-0.2, 0) is 11.3 Å². The Morgan fingerprint density at radius 3 is 2.52 bits per heavy atom. The highest BCUT2D eigenvalue weighted by molar-refractivity contribution is 7.99. The van der Waals surface area contributed by atoms with Crippen LogP contribution in [0, 0.1) is 0 Å². The average Bonchev–Trinajstić information content (AvgIpc) is 3.43. The number of rotatable bonds is 7. The first-order valence-corrected chi connectivity index (χ1v) is 12.7. The van der Waals surface area contributed by atoms with Crippen LogP contribution in [0.1, 0.15) is 29.5 Å². The SMILES string of the molecule is O=C(CSc1nnc(C2CC2)n1-c1ccccc1)N1CCN(Cc2ccc(Cl)s2)CC1. The fraction of sp³-hybridized carbons (Fsp3) is 0.409. The molecule has 0 bridgehead atoms. The molecule has 1 aliphatic carbocycles. The van der Waals surface area contributed by atoms with Crippen molar-refractivity contribution in [1.29, 1.82) is 0 Å². The number of amides is 1. The second-order valence-corrected chi connectivity index (χ2v) is 10.7. The molecule has 1 aromatic carbocycles. The van der Waals surface area contributed by atoms with Gasteiger partial charge in [-0.2, -0.15) is 0 Å². The number of para-hydroxylation sites is 1. The van der Waals surface area contributed by atoms with E-state index < -0.39 is 0 Å². The number of halogens is 1. The monoisotopic (exact) mass is 473 g/mol. The maximum absolute atomic E-state index is 12.9. The molecule has 1 aliphatic heterocycles. The third-order valence-electron chi connectivity index (χ3n) is 5.67. The smallest absolute Gasteiger partial charge is 0.233 e. The number of hydrogen-bond donors (Lipinski definition) is 0. The Balaban J connectivity index is 1.18. The van der Waals surface area contributed by atoms with Crippen molar-refractivity contribution in [2.75, 3.05) is 31.9 Å². The fourth-order valence-electron chi connectivity index (χ4n) is 3.83. The molecule has 2 aliphatic rings. The van der Waals surface area contributed by atoms with Gasteiger partial charge in [-0.05, 0) is 37.1 Å². The largest absolute Gasteiger partial charge is 0.339 e. The number of carbonyl (C=O) groups excluding carboxylic acids is 1. The molecule has 9 heteroatoms. The summed E-state index contributed by atoms with van der Waals surface area (Å²) in [5.74, 6) is 2.06. The summed E-state index contributed by atoms with van der Waals surface area (Å²) in [5.41, 5.74) is 1.06. The van der Waals surface area contributed by atoms with Crippen molar-refractivity contribution < 1.29 is 4.79 Å². The number of thioether (sulfide) groups is 1. The van der Waals surface area contributed by atoms with Crippen LogP contribution in [0.4, 0.5) is 0 Å². The van der Waals surface area contributed by atoms with Crippen LogP contribution in [0.25, 0.3) is 5.69 Å². The molecule has 162 valence electrons. The summed E-state index contributed by atoms with van der Waals surface area (Å²) in [6.45, 7) is 4.20. The third kappa shape index (κ3) is 4.98. The Bertz CT molecular complexity index is 1040. The van der Waals surface area contributed by atoms with Crippen molar-refractivity contribution in [2.45, 2.75) is 30.5 Å². The Hall–Kier alpha value is -1.87. The second kappa shape index (κ2) is 9.32. The van der Waals surface area contributed by atoms with Gasteiger partial charge in [-0.1, -0.05) is 41.6 Å². The molecule has 1 amide bonds. The van der Waals surface area contributed by atoms with Gasteiger partial charge in [-0.3, -0.25) is 14.3 Å². The predicted octanol–water partition coefficient (Wildman–Crippen LogP) is 4.30. The van der Waals surface area contributed by atoms with Crippen molar-refractivity contribution >= 4 is 40.6 Å². The van der Waals surface area contributed by atoms with Crippen LogP contribution in [0.5, 0.6) is 0 Å². The topological polar surface area (TPSA) is 54.3 Å². The van der Waals surface area contributed by atoms with Gasteiger partial charge in [0, 0.05) is 49.2 Å². The first kappa shape index (κ1) is 21.0. The minimum absolute atomic E-state index is 0.166. The molecule has 3 aromatic rings. The van der Waals surface area contributed by atoms with Crippen LogP contribution >= 0.6 is 34.7 Å². The minimum atomic E-state index is 0.166. The molecule has 5 rings (SSSR count). The average molecular weight is 474 g/mol. The summed E-state index contributed by atoms with van der Waals surface area (Å²) in [7, 11) is 0. The predicted molar refractivity (Wildman–Crippen MR) is 125 cm³/mol. The number of nitrogens with zero attached hydrogens (tertiary/aromatic N) is 5. The summed E-state index contributed by atoms with van der Waals surface area (Å²) in [5, 5.41) is 9.67. The van der Waals surface area contributed by atoms with Crippen molar-refractivity contribution in [1.82, 2.24) is 24.6 Å². The Labute approximate surface area is 195 Å². The van der Waals surface area contributed by atoms with E-state index in [1.54, 1.807) is 11.3 Å². The molecular weight excluding hydrogens is 450 g/mol. The highest BCUT2D eigenvalue weighted by Crippen LogP contribution is 2.41. The van der Waals surface area contributed by atoms with E-state index in [0.717, 1.165) is 66.6 Å². The summed E-state index contributed by atoms with van der Waals surface area (Å²) < 4.78 is 2.95. The zero-order valence-corrected chi connectivity index (χ0v) is 19.5. The van der Waals surface area contributed by atoms with Crippen LogP contribution in [0.2, 0.25) is 4.34 Å². The molecule has 31 heavy (non-hydrogen) atoms. The minimum Gasteiger partial charge on any atom is -0.339 e. The Kier molecular flexibility index (Phi) is 6.31. The second-order valence-electron chi connectivity index (χ2n) is 7.94. The van der Waals surface area contributed by atoms with E-state index in [1.807, 2.05) is 29.2 Å². The van der Waals surface area contributed by atoms with Gasteiger partial charge in [0.25, 0.3) is 0 Å². The first-order valence-electron chi connectivity index (χ1n) is 10.6. The van der Waals surface area contributed by atoms with Crippen LogP contribution < -0.4 is 0 Å². The first-order chi connectivity index (χ1) is 15.2. The molecule has 2 fully saturated rings. The summed E-state index contributed by atoms with van der Waals surface area (Å²) in [6, 6.07) is 14.2. The van der Waals surface area contributed by atoms with E-state index in [-0.39, 0.29) is 5.91 Å². The molecule has 0 spiro atoms. The lowest BCUT2D eigenvalue weighted by atomic mass is 10.3. The summed E-state index contributed by atoms with van der Waals surface area (Å²) in [6.07, 6.45) is 2.33. The van der Waals surface area contributed by atoms with E-state index >= 15 is 0 Å². The lowest BCUT2D eigenvalue weighted by Gasteiger charge is -2.34. The Morgan fingerprint density at radius 2 is 1.84 bits per heavy atom. The number of carbonyl (C=O) groups is 1. The lowest BCUT2D eigenvalue weighted by Crippen LogP contribution is -2.48. The normalized spacial score (nSPS) is 17.3. The molecular formula is C22H24ClN5OS2. The van der Waals surface area contributed by atoms with E-state index in [1.165, 1.54) is 16.6 Å². The molecule has 0 N–H and O–H groups in total. The number of thiophene rings is 1. The lowest BCUT2D eigenvalue weighted by molar-refractivity contribution is -0.130. The quantitative estimate of drug-likeness (QED) is 0.479. The maximum atomic E-state index is 12.9. The Morgan fingerprint density at radius 1 is 1.06 bits per heavy atom. The van der Waals surface area contributed by atoms with E-state index in [0.29, 0.717) is 11.7 Å². The summed E-state index contributed by atoms with van der Waals surface area (Å²) in [4.78, 5) is 18.5. The summed E-state index contributed by atoms with van der Waals surface area (Å²) >= 11 is 9.15. The molecule has 0 unspecified atom stereocenters. The van der Waals surface area contributed by atoms with Gasteiger partial charge in [0.15, 0.2) is 5.16 Å². The fourth-order valence-corrected chi connectivity index (χ4v) is 5.82. The molecule has 1 saturated heterocycles. The van der Waals surface area contributed by atoms with Gasteiger partial charge in [-0.25, -0.2) is 0 Å². The molecule has 6 nitrogen and oxygen atoms in total. The number of piperazine rings is 1. The van der Waals surface area contributed by atoms with Gasteiger partial charge in [0.05, 0.1) is 10.1 Å². The van der Waals surface area contributed by atoms with Crippen molar-refractivity contribution in [3.63, 3.8) is 0 Å². The maximum Gasteiger partial charge on any atom is 0.233 e. The van der Waals surface area contributed by atoms with Gasteiger partial charge in [0.1, 0.15) is 5.82 Å². The van der Waals surface area contributed by atoms with Crippen molar-refractivity contribution in [3.8, 4) is 5.69 Å². The molecule has 3 heterocycles. The van der Waals surface area contributed by atoms with Gasteiger partial charge >= 0.3 is 0 Å². The molecule has 2 aromatic heterocycles. The van der Waals surface area contributed by atoms with E-state index in [4.69, 9.17) is 11.6 Å². The third-order valence-corrected chi connectivity index (χ3v) is 7.80. The zero-order chi connectivity index (χ0) is 21.2. The molecule has 1 saturated carbocycles. The van der Waals surface area contributed by atoms with Gasteiger partial charge in [0.2, 0.25) is 5.91 Å². The highest BCUT2D eigenvalue weighted by atomic mass is 35.5. The van der Waals surface area contributed by atoms with Crippen LogP contribution in [0.15, 0.2) is 47.6 Å². The van der Waals surface area contributed by atoms with Gasteiger partial charge in [-0.15, -0.1) is 21.5 Å². The van der Waals surface area contributed by atoms with E-state index in [9.17, 15) is 4.79 Å². The number of hydrogen-bond acceptors (Lipinski definition) is 6. The van der Waals surface area contributed by atoms with Gasteiger partial charge < -0.3 is 4.90 Å².